The molecule has 3 atom stereocenters. The molecular formula is C26H34Cl2N6O3. The van der Waals surface area contributed by atoms with Gasteiger partial charge in [-0.25, -0.2) is 9.78 Å². The third-order valence-electron chi connectivity index (χ3n) is 7.78. The zero-order chi connectivity index (χ0) is 26.9. The molecule has 37 heavy (non-hydrogen) atoms. The number of aromatic nitrogens is 3. The lowest BCUT2D eigenvalue weighted by Gasteiger charge is -2.46. The number of anilines is 1. The molecule has 9 nitrogen and oxygen atoms in total. The van der Waals surface area contributed by atoms with E-state index in [4.69, 9.17) is 23.2 Å². The summed E-state index contributed by atoms with van der Waals surface area (Å²) in [5.41, 5.74) is -0.213. The summed E-state index contributed by atoms with van der Waals surface area (Å²) >= 11 is 12.7. The lowest BCUT2D eigenvalue weighted by molar-refractivity contribution is -0.127. The molecule has 0 saturated carbocycles. The Bertz CT molecular complexity index is 1270. The van der Waals surface area contributed by atoms with Gasteiger partial charge in [0.25, 0.3) is 0 Å². The number of piperazine rings is 1. The molecule has 2 aliphatic rings. The van der Waals surface area contributed by atoms with Crippen LogP contribution in [0.1, 0.15) is 46.5 Å². The number of piperidine rings is 1. The monoisotopic (exact) mass is 548 g/mol. The molecule has 11 heteroatoms. The summed E-state index contributed by atoms with van der Waals surface area (Å²) in [6.07, 6.45) is 5.68. The van der Waals surface area contributed by atoms with E-state index in [0.717, 1.165) is 32.1 Å². The molecule has 4 rings (SSSR count). The minimum Gasteiger partial charge on any atom is -0.350 e. The number of hydrogen-bond acceptors (Lipinski definition) is 6. The fourth-order valence-corrected chi connectivity index (χ4v) is 6.21. The molecule has 0 spiro atoms. The molecule has 2 amide bonds. The molecule has 0 radical (unpaired) electrons. The van der Waals surface area contributed by atoms with Gasteiger partial charge >= 0.3 is 5.69 Å². The van der Waals surface area contributed by atoms with Crippen molar-refractivity contribution >= 4 is 52.4 Å². The molecule has 0 bridgehead atoms. The summed E-state index contributed by atoms with van der Waals surface area (Å²) in [6, 6.07) is 1.63. The van der Waals surface area contributed by atoms with Gasteiger partial charge in [-0.2, -0.15) is 4.98 Å². The molecule has 2 aromatic heterocycles. The van der Waals surface area contributed by atoms with E-state index in [1.165, 1.54) is 6.08 Å². The van der Waals surface area contributed by atoms with Crippen molar-refractivity contribution in [3.8, 4) is 0 Å². The largest absolute Gasteiger partial charge is 0.351 e. The molecule has 2 fully saturated rings. The molecule has 2 saturated heterocycles. The van der Waals surface area contributed by atoms with Crippen LogP contribution in [0.5, 0.6) is 0 Å². The van der Waals surface area contributed by atoms with Gasteiger partial charge in [0, 0.05) is 44.3 Å². The van der Waals surface area contributed by atoms with Crippen LogP contribution >= 0.6 is 23.2 Å². The zero-order valence-electron chi connectivity index (χ0n) is 21.6. The summed E-state index contributed by atoms with van der Waals surface area (Å²) in [5.74, 6) is 0.545. The summed E-state index contributed by atoms with van der Waals surface area (Å²) in [4.78, 5) is 52.0. The van der Waals surface area contributed by atoms with Crippen molar-refractivity contribution in [2.24, 2.45) is 5.92 Å². The summed E-state index contributed by atoms with van der Waals surface area (Å²) in [6.45, 7) is 12.3. The Morgan fingerprint density at radius 2 is 2.03 bits per heavy atom. The first-order valence-electron chi connectivity index (χ1n) is 12.8. The maximum absolute atomic E-state index is 13.5. The predicted molar refractivity (Wildman–Crippen MR) is 146 cm³/mol. The number of pyridine rings is 1. The van der Waals surface area contributed by atoms with Gasteiger partial charge in [-0.1, -0.05) is 43.1 Å². The number of rotatable bonds is 7. The fourth-order valence-electron chi connectivity index (χ4n) is 5.93. The van der Waals surface area contributed by atoms with Gasteiger partial charge in [-0.05, 0) is 51.2 Å². The highest BCUT2D eigenvalue weighted by Crippen LogP contribution is 2.36. The quantitative estimate of drug-likeness (QED) is 0.297. The molecular weight excluding hydrogens is 515 g/mol. The summed E-state index contributed by atoms with van der Waals surface area (Å²) < 4.78 is 1.59. The van der Waals surface area contributed by atoms with Crippen molar-refractivity contribution in [1.82, 2.24) is 24.3 Å². The number of fused-ring (bicyclic) bond motifs is 1. The second-order valence-electron chi connectivity index (χ2n) is 10.4. The Balaban J connectivity index is 1.71. The van der Waals surface area contributed by atoms with E-state index >= 15 is 0 Å². The molecule has 0 aromatic carbocycles. The Hall–Kier alpha value is -2.65. The molecule has 4 heterocycles. The second kappa shape index (κ2) is 11.0. The third-order valence-corrected chi connectivity index (χ3v) is 8.46. The summed E-state index contributed by atoms with van der Waals surface area (Å²) in [7, 11) is 0. The van der Waals surface area contributed by atoms with Crippen LogP contribution in [0.2, 0.25) is 10.2 Å². The van der Waals surface area contributed by atoms with Crippen LogP contribution in [0.3, 0.4) is 0 Å². The highest BCUT2D eigenvalue weighted by molar-refractivity contribution is 6.41. The van der Waals surface area contributed by atoms with Crippen molar-refractivity contribution in [1.29, 1.82) is 0 Å². The van der Waals surface area contributed by atoms with Gasteiger partial charge in [0.05, 0.1) is 10.4 Å². The fraction of sp³-hybridized carbons (Fsp3) is 0.577. The molecule has 0 aliphatic carbocycles. The number of hydrogen-bond donors (Lipinski definition) is 0. The SMILES string of the molecule is C=CC(=O)N1CCN(c2nc(=O)n(CC3CCN(C=O)C(C)(CCC)C3)c3nc(Cl)c(Cl)cc23)[C@@H](C)C1. The van der Waals surface area contributed by atoms with Gasteiger partial charge in [0.2, 0.25) is 12.3 Å². The second-order valence-corrected chi connectivity index (χ2v) is 11.2. The van der Waals surface area contributed by atoms with E-state index in [0.29, 0.717) is 49.6 Å². The normalized spacial score (nSPS) is 24.4. The lowest BCUT2D eigenvalue weighted by atomic mass is 9.79. The van der Waals surface area contributed by atoms with Crippen molar-refractivity contribution in [3.63, 3.8) is 0 Å². The first-order chi connectivity index (χ1) is 17.6. The molecule has 200 valence electrons. The van der Waals surface area contributed by atoms with E-state index in [-0.39, 0.29) is 33.6 Å². The standard InChI is InChI=1S/C26H34Cl2N6O3/c1-5-8-26(4)13-18(7-9-32(26)16-35)15-34-23-19(12-20(27)22(28)29-23)24(30-25(34)37)33-11-10-31(14-17(33)3)21(36)6-2/h6,12,16-18H,2,5,7-11,13-15H2,1,3-4H3/t17-,18?,26?/m0/s1. The molecule has 0 N–H and O–H groups in total. The Kier molecular flexibility index (Phi) is 8.14. The van der Waals surface area contributed by atoms with Gasteiger partial charge in [-0.3, -0.25) is 14.2 Å². The van der Waals surface area contributed by atoms with Crippen molar-refractivity contribution < 1.29 is 9.59 Å². The van der Waals surface area contributed by atoms with Crippen LogP contribution < -0.4 is 10.6 Å². The zero-order valence-corrected chi connectivity index (χ0v) is 23.1. The lowest BCUT2D eigenvalue weighted by Crippen LogP contribution is -2.54. The number of likely N-dealkylation sites (tertiary alicyclic amines) is 1. The Labute approximate surface area is 227 Å². The van der Waals surface area contributed by atoms with Crippen molar-refractivity contribution in [2.75, 3.05) is 31.1 Å². The highest BCUT2D eigenvalue weighted by Gasteiger charge is 2.38. The number of carbonyl (C=O) groups is 2. The third kappa shape index (κ3) is 5.34. The molecule has 2 unspecified atom stereocenters. The average molecular weight is 550 g/mol. The first kappa shape index (κ1) is 27.4. The van der Waals surface area contributed by atoms with Crippen LogP contribution in [0.15, 0.2) is 23.5 Å². The summed E-state index contributed by atoms with van der Waals surface area (Å²) in [5, 5.41) is 1.05. The van der Waals surface area contributed by atoms with E-state index in [2.05, 4.69) is 30.4 Å². The van der Waals surface area contributed by atoms with Gasteiger partial charge in [0.15, 0.2) is 0 Å². The van der Waals surface area contributed by atoms with E-state index in [9.17, 15) is 14.4 Å². The number of carbonyl (C=O) groups excluding carboxylic acids is 2. The minimum absolute atomic E-state index is 0.0829. The van der Waals surface area contributed by atoms with E-state index < -0.39 is 5.69 Å². The topological polar surface area (TPSA) is 91.6 Å². The van der Waals surface area contributed by atoms with Gasteiger partial charge < -0.3 is 14.7 Å². The van der Waals surface area contributed by atoms with Crippen LogP contribution in [0, 0.1) is 5.92 Å². The number of halogens is 2. The highest BCUT2D eigenvalue weighted by atomic mass is 35.5. The van der Waals surface area contributed by atoms with Crippen LogP contribution in [0.25, 0.3) is 11.0 Å². The first-order valence-corrected chi connectivity index (χ1v) is 13.5. The average Bonchev–Trinajstić information content (AvgIpc) is 2.86. The maximum Gasteiger partial charge on any atom is 0.351 e. The number of amides is 2. The minimum atomic E-state index is -0.403. The van der Waals surface area contributed by atoms with Gasteiger partial charge in [-0.15, -0.1) is 0 Å². The van der Waals surface area contributed by atoms with Gasteiger partial charge in [0.1, 0.15) is 16.6 Å². The molecule has 2 aromatic rings. The van der Waals surface area contributed by atoms with Crippen LogP contribution in [0.4, 0.5) is 5.82 Å². The predicted octanol–water partition coefficient (Wildman–Crippen LogP) is 3.75. The van der Waals surface area contributed by atoms with E-state index in [1.54, 1.807) is 15.5 Å². The van der Waals surface area contributed by atoms with Crippen LogP contribution in [-0.4, -0.2) is 74.4 Å². The number of nitrogens with zero attached hydrogens (tertiary/aromatic N) is 6. The maximum atomic E-state index is 13.5. The smallest absolute Gasteiger partial charge is 0.350 e. The Morgan fingerprint density at radius 3 is 2.68 bits per heavy atom. The van der Waals surface area contributed by atoms with Crippen molar-refractivity contribution in [2.45, 2.75) is 64.6 Å². The van der Waals surface area contributed by atoms with Crippen molar-refractivity contribution in [3.05, 3.63) is 39.4 Å². The Morgan fingerprint density at radius 1 is 1.27 bits per heavy atom. The molecule has 2 aliphatic heterocycles. The van der Waals surface area contributed by atoms with Crippen LogP contribution in [-0.2, 0) is 16.1 Å². The van der Waals surface area contributed by atoms with E-state index in [1.807, 2.05) is 16.7 Å².